The number of hydrogen-bond donors (Lipinski definition) is 1. The van der Waals surface area contributed by atoms with Crippen LogP contribution in [0.3, 0.4) is 0 Å². The Morgan fingerprint density at radius 2 is 1.94 bits per heavy atom. The highest BCUT2D eigenvalue weighted by Gasteiger charge is 2.08. The van der Waals surface area contributed by atoms with Gasteiger partial charge >= 0.3 is 0 Å². The summed E-state index contributed by atoms with van der Waals surface area (Å²) in [5.74, 6) is -0.263. The lowest BCUT2D eigenvalue weighted by Crippen LogP contribution is -2.02. The topological polar surface area (TPSA) is 51.8 Å². The Labute approximate surface area is 96.9 Å². The predicted molar refractivity (Wildman–Crippen MR) is 60.4 cm³/mol. The molecule has 3 nitrogen and oxygen atoms in total. The van der Waals surface area contributed by atoms with Crippen LogP contribution in [-0.2, 0) is 6.54 Å². The molecule has 0 aliphatic heterocycles. The molecule has 0 amide bonds. The largest absolute Gasteiger partial charge is 0.325 e. The lowest BCUT2D eigenvalue weighted by molar-refractivity contribution is 0.602. The average Bonchev–Trinajstić information content (AvgIpc) is 2.33. The second-order valence-electron chi connectivity index (χ2n) is 3.04. The van der Waals surface area contributed by atoms with E-state index in [1.165, 1.54) is 17.8 Å². The number of halogens is 1. The van der Waals surface area contributed by atoms with Crippen LogP contribution >= 0.6 is 11.8 Å². The maximum Gasteiger partial charge on any atom is 0.137 e. The molecule has 82 valence electrons. The first-order chi connectivity index (χ1) is 7.81. The maximum absolute atomic E-state index is 13.4. The number of benzene rings is 1. The molecule has 0 radical (unpaired) electrons. The van der Waals surface area contributed by atoms with E-state index in [9.17, 15) is 4.39 Å². The summed E-state index contributed by atoms with van der Waals surface area (Å²) < 4.78 is 13.4. The van der Waals surface area contributed by atoms with Gasteiger partial charge in [-0.15, -0.1) is 0 Å². The number of nitrogens with two attached hydrogens (primary N) is 1. The summed E-state index contributed by atoms with van der Waals surface area (Å²) >= 11 is 1.24. The summed E-state index contributed by atoms with van der Waals surface area (Å²) in [6.07, 6.45) is 3.15. The van der Waals surface area contributed by atoms with E-state index in [2.05, 4.69) is 9.97 Å². The SMILES string of the molecule is NCc1nccnc1Sc1ccccc1F. The summed E-state index contributed by atoms with van der Waals surface area (Å²) in [5.41, 5.74) is 6.21. The van der Waals surface area contributed by atoms with Crippen molar-refractivity contribution in [2.45, 2.75) is 16.5 Å². The van der Waals surface area contributed by atoms with Gasteiger partial charge in [0.15, 0.2) is 0 Å². The Hall–Kier alpha value is -1.46. The van der Waals surface area contributed by atoms with Crippen LogP contribution in [0.25, 0.3) is 0 Å². The Morgan fingerprint density at radius 3 is 2.69 bits per heavy atom. The van der Waals surface area contributed by atoms with Crippen molar-refractivity contribution in [1.29, 1.82) is 0 Å². The van der Waals surface area contributed by atoms with Crippen LogP contribution in [-0.4, -0.2) is 9.97 Å². The van der Waals surface area contributed by atoms with Crippen molar-refractivity contribution in [3.05, 3.63) is 48.2 Å². The Kier molecular flexibility index (Phi) is 3.48. The van der Waals surface area contributed by atoms with Crippen LogP contribution < -0.4 is 5.73 Å². The van der Waals surface area contributed by atoms with Crippen LogP contribution in [0.1, 0.15) is 5.69 Å². The molecule has 0 aliphatic carbocycles. The van der Waals surface area contributed by atoms with Crippen molar-refractivity contribution < 1.29 is 4.39 Å². The van der Waals surface area contributed by atoms with Crippen LogP contribution in [0.2, 0.25) is 0 Å². The molecule has 0 atom stereocenters. The first-order valence-electron chi connectivity index (χ1n) is 4.73. The molecule has 0 aliphatic rings. The van der Waals surface area contributed by atoms with Crippen LogP contribution in [0.15, 0.2) is 46.6 Å². The lowest BCUT2D eigenvalue weighted by atomic mass is 10.3. The Morgan fingerprint density at radius 1 is 1.19 bits per heavy atom. The normalized spacial score (nSPS) is 10.4. The van der Waals surface area contributed by atoms with E-state index >= 15 is 0 Å². The van der Waals surface area contributed by atoms with E-state index in [-0.39, 0.29) is 5.82 Å². The van der Waals surface area contributed by atoms with Gasteiger partial charge in [-0.1, -0.05) is 23.9 Å². The van der Waals surface area contributed by atoms with E-state index in [1.807, 2.05) is 0 Å². The zero-order valence-electron chi connectivity index (χ0n) is 8.43. The van der Waals surface area contributed by atoms with Gasteiger partial charge in [-0.2, -0.15) is 0 Å². The second kappa shape index (κ2) is 5.05. The second-order valence-corrected chi connectivity index (χ2v) is 4.08. The van der Waals surface area contributed by atoms with Crippen molar-refractivity contribution in [1.82, 2.24) is 9.97 Å². The standard InChI is InChI=1S/C11H10FN3S/c12-8-3-1-2-4-10(8)16-11-9(7-13)14-5-6-15-11/h1-6H,7,13H2. The number of hydrogen-bond acceptors (Lipinski definition) is 4. The van der Waals surface area contributed by atoms with E-state index in [0.29, 0.717) is 22.2 Å². The fourth-order valence-electron chi connectivity index (χ4n) is 1.21. The van der Waals surface area contributed by atoms with E-state index in [0.717, 1.165) is 0 Å². The van der Waals surface area contributed by atoms with Crippen LogP contribution in [0.4, 0.5) is 4.39 Å². The third-order valence-corrected chi connectivity index (χ3v) is 3.06. The first-order valence-corrected chi connectivity index (χ1v) is 5.55. The highest BCUT2D eigenvalue weighted by Crippen LogP contribution is 2.29. The molecule has 0 fully saturated rings. The lowest BCUT2D eigenvalue weighted by Gasteiger charge is -2.05. The van der Waals surface area contributed by atoms with Gasteiger partial charge in [-0.3, -0.25) is 4.98 Å². The predicted octanol–water partition coefficient (Wildman–Crippen LogP) is 2.23. The van der Waals surface area contributed by atoms with Gasteiger partial charge in [-0.25, -0.2) is 9.37 Å². The fraction of sp³-hybridized carbons (Fsp3) is 0.0909. The quantitative estimate of drug-likeness (QED) is 0.886. The van der Waals surface area contributed by atoms with Gasteiger partial charge in [0.1, 0.15) is 10.8 Å². The molecule has 2 aromatic rings. The monoisotopic (exact) mass is 235 g/mol. The van der Waals surface area contributed by atoms with Crippen molar-refractivity contribution in [2.75, 3.05) is 0 Å². The summed E-state index contributed by atoms with van der Waals surface area (Å²) in [5, 5.41) is 0.648. The smallest absolute Gasteiger partial charge is 0.137 e. The van der Waals surface area contributed by atoms with Gasteiger partial charge in [0.25, 0.3) is 0 Å². The molecule has 5 heteroatoms. The maximum atomic E-state index is 13.4. The van der Waals surface area contributed by atoms with E-state index < -0.39 is 0 Å². The van der Waals surface area contributed by atoms with Crippen molar-refractivity contribution in [2.24, 2.45) is 5.73 Å². The molecule has 0 saturated carbocycles. The van der Waals surface area contributed by atoms with E-state index in [4.69, 9.17) is 5.73 Å². The molecule has 0 spiro atoms. The van der Waals surface area contributed by atoms with Crippen LogP contribution in [0.5, 0.6) is 0 Å². The molecule has 16 heavy (non-hydrogen) atoms. The molecule has 1 aromatic heterocycles. The Bertz CT molecular complexity index is 490. The molecule has 1 aromatic carbocycles. The third-order valence-electron chi connectivity index (χ3n) is 1.97. The minimum Gasteiger partial charge on any atom is -0.325 e. The van der Waals surface area contributed by atoms with Gasteiger partial charge in [0, 0.05) is 23.8 Å². The first kappa shape index (κ1) is 11.0. The summed E-state index contributed by atoms with van der Waals surface area (Å²) in [7, 11) is 0. The number of nitrogens with zero attached hydrogens (tertiary/aromatic N) is 2. The Balaban J connectivity index is 2.30. The molecule has 2 N–H and O–H groups in total. The summed E-state index contributed by atoms with van der Waals surface area (Å²) in [6.45, 7) is 0.296. The minimum atomic E-state index is -0.263. The third kappa shape index (κ3) is 2.37. The zero-order valence-corrected chi connectivity index (χ0v) is 9.25. The number of aromatic nitrogens is 2. The molecule has 0 saturated heterocycles. The molecular formula is C11H10FN3S. The molecular weight excluding hydrogens is 225 g/mol. The minimum absolute atomic E-state index is 0.263. The molecule has 0 unspecified atom stereocenters. The summed E-state index contributed by atoms with van der Waals surface area (Å²) in [4.78, 5) is 8.76. The van der Waals surface area contributed by atoms with Crippen molar-refractivity contribution >= 4 is 11.8 Å². The highest BCUT2D eigenvalue weighted by molar-refractivity contribution is 7.99. The van der Waals surface area contributed by atoms with Crippen LogP contribution in [0, 0.1) is 5.82 Å². The van der Waals surface area contributed by atoms with Gasteiger partial charge in [0.05, 0.1) is 5.69 Å². The average molecular weight is 235 g/mol. The highest BCUT2D eigenvalue weighted by atomic mass is 32.2. The van der Waals surface area contributed by atoms with E-state index in [1.54, 1.807) is 30.6 Å². The molecule has 0 bridgehead atoms. The van der Waals surface area contributed by atoms with Crippen molar-refractivity contribution in [3.63, 3.8) is 0 Å². The molecule has 2 rings (SSSR count). The van der Waals surface area contributed by atoms with Crippen molar-refractivity contribution in [3.8, 4) is 0 Å². The number of rotatable bonds is 3. The zero-order chi connectivity index (χ0) is 11.4. The van der Waals surface area contributed by atoms with Gasteiger partial charge in [-0.05, 0) is 12.1 Å². The van der Waals surface area contributed by atoms with Gasteiger partial charge in [0.2, 0.25) is 0 Å². The van der Waals surface area contributed by atoms with Gasteiger partial charge < -0.3 is 5.73 Å². The molecule has 1 heterocycles. The fourth-order valence-corrected chi connectivity index (χ4v) is 2.10. The summed E-state index contributed by atoms with van der Waals surface area (Å²) in [6, 6.07) is 6.56.